The van der Waals surface area contributed by atoms with E-state index in [2.05, 4.69) is 55.0 Å². The minimum atomic E-state index is -1.65. The number of hydrogen-bond donors (Lipinski definition) is 2. The highest BCUT2D eigenvalue weighted by atomic mass is 79.9. The number of nitrogens with zero attached hydrogens (tertiary/aromatic N) is 1. The number of carbonyl (C=O) groups is 3. The molecule has 0 bridgehead atoms. The van der Waals surface area contributed by atoms with Crippen LogP contribution in [0.4, 0.5) is 5.69 Å². The molecule has 0 radical (unpaired) electrons. The number of amides is 1. The molecular formula is C37H45BrN2O4. The number of allylic oxidation sites excluding steroid dienone is 3. The number of nitriles is 1. The fraction of sp³-hybridized carbons (Fsp3) is 0.622. The Kier molecular flexibility index (Phi) is 6.77. The highest BCUT2D eigenvalue weighted by Crippen LogP contribution is 2.75. The molecule has 0 heterocycles. The molecule has 0 aliphatic heterocycles. The smallest absolute Gasteiger partial charge is 0.230 e. The number of carbonyl (C=O) groups excluding carboxylic acids is 3. The van der Waals surface area contributed by atoms with E-state index >= 15 is 0 Å². The topological polar surface area (TPSA) is 107 Å². The van der Waals surface area contributed by atoms with Crippen molar-refractivity contribution in [2.45, 2.75) is 99.0 Å². The van der Waals surface area contributed by atoms with Gasteiger partial charge in [-0.05, 0) is 97.6 Å². The van der Waals surface area contributed by atoms with Crippen molar-refractivity contribution in [3.8, 4) is 6.07 Å². The van der Waals surface area contributed by atoms with Gasteiger partial charge in [-0.3, -0.25) is 14.4 Å². The van der Waals surface area contributed by atoms with E-state index in [0.29, 0.717) is 19.3 Å². The maximum absolute atomic E-state index is 14.7. The van der Waals surface area contributed by atoms with E-state index < -0.39 is 38.6 Å². The SMILES string of the molecule is CC1(C)C(=O)C(C#N)=C[C@]2(C)C3=CC(=O)[C@]4(O)[C@@H]5C[C@@](C)(C(=O)Nc6ccc(Br)cc6)CC[C@]5(C)CC[C@@]4(C)[C@]3(C)CC[C@@H]12. The van der Waals surface area contributed by atoms with E-state index in [1.165, 1.54) is 0 Å². The van der Waals surface area contributed by atoms with Gasteiger partial charge >= 0.3 is 0 Å². The lowest BCUT2D eigenvalue weighted by molar-refractivity contribution is -0.242. The van der Waals surface area contributed by atoms with Gasteiger partial charge in [-0.25, -0.2) is 0 Å². The minimum absolute atomic E-state index is 0.0596. The van der Waals surface area contributed by atoms with Crippen LogP contribution in [0.15, 0.2) is 52.0 Å². The number of nitrogens with one attached hydrogen (secondary N) is 1. The highest BCUT2D eigenvalue weighted by molar-refractivity contribution is 9.10. The first-order valence-corrected chi connectivity index (χ1v) is 16.9. The Hall–Kier alpha value is -2.56. The van der Waals surface area contributed by atoms with Crippen molar-refractivity contribution in [1.29, 1.82) is 5.26 Å². The quantitative estimate of drug-likeness (QED) is 0.338. The number of hydrogen-bond acceptors (Lipinski definition) is 5. The summed E-state index contributed by atoms with van der Waals surface area (Å²) in [4.78, 5) is 41.8. The second-order valence-corrected chi connectivity index (χ2v) is 17.3. The van der Waals surface area contributed by atoms with E-state index in [1.807, 2.05) is 51.1 Å². The number of fused-ring (bicyclic) bond motifs is 7. The van der Waals surface area contributed by atoms with Gasteiger partial charge in [-0.15, -0.1) is 0 Å². The fourth-order valence-electron chi connectivity index (χ4n) is 10.8. The van der Waals surface area contributed by atoms with Crippen LogP contribution in [-0.2, 0) is 14.4 Å². The first kappa shape index (κ1) is 31.4. The second kappa shape index (κ2) is 9.48. The normalized spacial score (nSPS) is 44.1. The Morgan fingerprint density at radius 1 is 0.955 bits per heavy atom. The van der Waals surface area contributed by atoms with Crippen molar-refractivity contribution in [3.63, 3.8) is 0 Å². The zero-order valence-electron chi connectivity index (χ0n) is 27.1. The first-order valence-electron chi connectivity index (χ1n) is 16.1. The van der Waals surface area contributed by atoms with Crippen LogP contribution in [0.1, 0.15) is 93.4 Å². The van der Waals surface area contributed by atoms with Gasteiger partial charge in [0.25, 0.3) is 0 Å². The molecule has 1 aromatic carbocycles. The molecule has 0 aromatic heterocycles. The molecule has 3 fully saturated rings. The van der Waals surface area contributed by atoms with Gasteiger partial charge in [0.05, 0.1) is 5.57 Å². The summed E-state index contributed by atoms with van der Waals surface area (Å²) in [7, 11) is 0. The van der Waals surface area contributed by atoms with Gasteiger partial charge in [-0.1, -0.05) is 70.5 Å². The maximum atomic E-state index is 14.7. The first-order chi connectivity index (χ1) is 20.3. The third kappa shape index (κ3) is 3.82. The van der Waals surface area contributed by atoms with Gasteiger partial charge in [-0.2, -0.15) is 5.26 Å². The number of aliphatic hydroxyl groups is 1. The second-order valence-electron chi connectivity index (χ2n) is 16.4. The van der Waals surface area contributed by atoms with E-state index in [4.69, 9.17) is 0 Å². The van der Waals surface area contributed by atoms with Crippen molar-refractivity contribution in [2.75, 3.05) is 5.32 Å². The van der Waals surface area contributed by atoms with Crippen molar-refractivity contribution in [1.82, 2.24) is 0 Å². The van der Waals surface area contributed by atoms with Crippen LogP contribution in [0.3, 0.4) is 0 Å². The Morgan fingerprint density at radius 2 is 1.59 bits per heavy atom. The maximum Gasteiger partial charge on any atom is 0.230 e. The molecule has 1 amide bonds. The van der Waals surface area contributed by atoms with Crippen molar-refractivity contribution in [3.05, 3.63) is 52.0 Å². The number of anilines is 1. The van der Waals surface area contributed by atoms with Gasteiger partial charge in [0.2, 0.25) is 5.91 Å². The summed E-state index contributed by atoms with van der Waals surface area (Å²) in [5.41, 5.74) is -3.59. The third-order valence-electron chi connectivity index (χ3n) is 13.9. The molecule has 6 nitrogen and oxygen atoms in total. The summed E-state index contributed by atoms with van der Waals surface area (Å²) >= 11 is 3.45. The lowest BCUT2D eigenvalue weighted by Crippen LogP contribution is -2.74. The summed E-state index contributed by atoms with van der Waals surface area (Å²) < 4.78 is 0.932. The summed E-state index contributed by atoms with van der Waals surface area (Å²) in [5, 5.41) is 26.1. The Bertz CT molecular complexity index is 1590. The standard InChI is InChI=1S/C37H45BrN2O4/c1-31(2)25-12-13-35(6)26(34(25,5)19-22(21-39)29(31)42)18-28(41)37(44)27-20-33(4,15-14-32(27,3)16-17-36(35,37)7)30(43)40-24-10-8-23(38)9-11-24/h8-11,18-19,25,27,44H,12-17,20H2,1-7H3,(H,40,43)/t25-,27+,32+,33-,34-,35+,36-,37+/m0/s1. The van der Waals surface area contributed by atoms with Crippen LogP contribution in [-0.4, -0.2) is 28.2 Å². The van der Waals surface area contributed by atoms with E-state index in [0.717, 1.165) is 41.4 Å². The number of ketones is 2. The molecule has 0 saturated heterocycles. The number of rotatable bonds is 2. The van der Waals surface area contributed by atoms with E-state index in [9.17, 15) is 24.8 Å². The molecule has 2 N–H and O–H groups in total. The van der Waals surface area contributed by atoms with Crippen molar-refractivity contribution in [2.24, 2.45) is 44.3 Å². The van der Waals surface area contributed by atoms with Crippen LogP contribution >= 0.6 is 15.9 Å². The molecule has 5 aliphatic carbocycles. The molecule has 1 aromatic rings. The molecule has 44 heavy (non-hydrogen) atoms. The Morgan fingerprint density at radius 3 is 2.23 bits per heavy atom. The van der Waals surface area contributed by atoms with Gasteiger partial charge in [0, 0.05) is 37.7 Å². The molecule has 0 spiro atoms. The monoisotopic (exact) mass is 660 g/mol. The summed E-state index contributed by atoms with van der Waals surface area (Å²) in [6.45, 7) is 14.4. The Labute approximate surface area is 269 Å². The average Bonchev–Trinajstić information content (AvgIpc) is 2.96. The molecule has 3 saturated carbocycles. The number of Topliss-reactive ketones (excluding diaryl/α,β-unsaturated/α-hetero) is 1. The summed E-state index contributed by atoms with van der Waals surface area (Å²) in [5.74, 6) is -0.960. The molecule has 234 valence electrons. The lowest BCUT2D eigenvalue weighted by atomic mass is 9.33. The third-order valence-corrected chi connectivity index (χ3v) is 14.4. The molecule has 7 heteroatoms. The van der Waals surface area contributed by atoms with Gasteiger partial charge in [0.15, 0.2) is 11.6 Å². The van der Waals surface area contributed by atoms with Crippen LogP contribution < -0.4 is 5.32 Å². The summed E-state index contributed by atoms with van der Waals surface area (Å²) in [6.07, 6.45) is 8.43. The fourth-order valence-corrected chi connectivity index (χ4v) is 11.0. The molecule has 8 atom stereocenters. The van der Waals surface area contributed by atoms with Crippen LogP contribution in [0.2, 0.25) is 0 Å². The lowest BCUT2D eigenvalue weighted by Gasteiger charge is -2.71. The molecule has 0 unspecified atom stereocenters. The summed E-state index contributed by atoms with van der Waals surface area (Å²) in [6, 6.07) is 9.67. The Balaban J connectivity index is 1.44. The van der Waals surface area contributed by atoms with Crippen LogP contribution in [0.25, 0.3) is 0 Å². The molecule has 5 aliphatic rings. The van der Waals surface area contributed by atoms with Crippen molar-refractivity contribution < 1.29 is 19.5 Å². The van der Waals surface area contributed by atoms with E-state index in [-0.39, 0.29) is 34.4 Å². The predicted molar refractivity (Wildman–Crippen MR) is 173 cm³/mol. The molecular weight excluding hydrogens is 616 g/mol. The highest BCUT2D eigenvalue weighted by Gasteiger charge is 2.75. The molecule has 6 rings (SSSR count). The minimum Gasteiger partial charge on any atom is -0.381 e. The van der Waals surface area contributed by atoms with E-state index in [1.54, 1.807) is 6.08 Å². The number of halogens is 1. The van der Waals surface area contributed by atoms with Crippen molar-refractivity contribution >= 4 is 39.1 Å². The van der Waals surface area contributed by atoms with Crippen LogP contribution in [0, 0.1) is 55.7 Å². The van der Waals surface area contributed by atoms with Gasteiger partial charge in [0.1, 0.15) is 11.7 Å². The predicted octanol–water partition coefficient (Wildman–Crippen LogP) is 7.72. The largest absolute Gasteiger partial charge is 0.381 e. The van der Waals surface area contributed by atoms with Crippen LogP contribution in [0.5, 0.6) is 0 Å². The zero-order chi connectivity index (χ0) is 32.3. The average molecular weight is 662 g/mol. The number of benzene rings is 1. The zero-order valence-corrected chi connectivity index (χ0v) is 28.7. The van der Waals surface area contributed by atoms with Gasteiger partial charge < -0.3 is 10.4 Å².